The van der Waals surface area contributed by atoms with E-state index in [4.69, 9.17) is 67.1 Å². The molecule has 0 spiro atoms. The van der Waals surface area contributed by atoms with E-state index < -0.39 is 215 Å². The number of esters is 3. The monoisotopic (exact) mass is 1350 g/mol. The molecule has 2 aromatic rings. The third kappa shape index (κ3) is 13.9. The van der Waals surface area contributed by atoms with Gasteiger partial charge in [0.15, 0.2) is 0 Å². The molecule has 0 aliphatic carbocycles. The number of nitrogens with zero attached hydrogens (tertiary/aromatic N) is 6. The van der Waals surface area contributed by atoms with Crippen LogP contribution in [0.25, 0.3) is 10.4 Å². The highest BCUT2D eigenvalue weighted by molar-refractivity contribution is 7.04. The maximum atomic E-state index is 14.3. The quantitative estimate of drug-likeness (QED) is 0.0122. The first-order valence-electron chi connectivity index (χ1n) is 29.9. The molecule has 18 atom stereocenters. The van der Waals surface area contributed by atoms with Crippen molar-refractivity contribution in [1.82, 2.24) is 14.7 Å². The highest BCUT2D eigenvalue weighted by Gasteiger charge is 2.68. The van der Waals surface area contributed by atoms with E-state index in [1.165, 1.54) is 0 Å². The minimum Gasteiger partial charge on any atom is -0.465 e. The van der Waals surface area contributed by atoms with Gasteiger partial charge in [-0.2, -0.15) is 0 Å². The molecule has 2 aromatic carbocycles. The number of rotatable bonds is 26. The van der Waals surface area contributed by atoms with Crippen molar-refractivity contribution < 1.29 is 135 Å². The largest absolute Gasteiger partial charge is 0.465 e. The first-order valence-corrected chi connectivity index (χ1v) is 32.1. The number of hydrogen-bond acceptors (Lipinski definition) is 29. The second-order valence-corrected chi connectivity index (χ2v) is 29.2. The number of methoxy groups -OCH3 is 3. The Bertz CT molecular complexity index is 3140. The summed E-state index contributed by atoms with van der Waals surface area (Å²) in [6.45, 7) is 5.64. The van der Waals surface area contributed by atoms with Gasteiger partial charge >= 0.3 is 36.2 Å². The Balaban J connectivity index is 1.08. The van der Waals surface area contributed by atoms with E-state index in [-0.39, 0.29) is 25.8 Å². The number of aliphatic hydroxyl groups excluding tert-OH is 6. The number of aliphatic hydroxyl groups is 6. The fourth-order valence-electron chi connectivity index (χ4n) is 13.4. The molecule has 94 heavy (non-hydrogen) atoms. The second kappa shape index (κ2) is 29.3. The summed E-state index contributed by atoms with van der Waals surface area (Å²) in [5.41, 5.74) is 8.58. The third-order valence-electron chi connectivity index (χ3n) is 17.7. The Labute approximate surface area is 538 Å². The van der Waals surface area contributed by atoms with Crippen molar-refractivity contribution >= 4 is 72.4 Å². The van der Waals surface area contributed by atoms with Gasteiger partial charge in [-0.25, -0.2) is 43.5 Å². The molecular formula is C59H78N6O28Si. The van der Waals surface area contributed by atoms with E-state index >= 15 is 0 Å². The van der Waals surface area contributed by atoms with Gasteiger partial charge in [-0.15, -0.1) is 0 Å². The average molecular weight is 1350 g/mol. The average Bonchev–Trinajstić information content (AvgIpc) is 1.70. The topological polar surface area (TPSA) is 453 Å². The molecular weight excluding hydrogens is 1270 g/mol. The van der Waals surface area contributed by atoms with E-state index in [9.17, 15) is 73.8 Å². The molecule has 8 rings (SSSR count). The minimum atomic E-state index is -3.27. The molecule has 6 N–H and O–H groups in total. The third-order valence-corrected chi connectivity index (χ3v) is 24.0. The highest BCUT2D eigenvalue weighted by atomic mass is 28.3. The maximum Gasteiger partial charge on any atom is 0.417 e. The second-order valence-electron chi connectivity index (χ2n) is 24.3. The van der Waals surface area contributed by atoms with Gasteiger partial charge in [-0.05, 0) is 16.6 Å². The van der Waals surface area contributed by atoms with Gasteiger partial charge in [0.05, 0.1) is 79.7 Å². The van der Waals surface area contributed by atoms with E-state index in [1.54, 1.807) is 0 Å². The number of fused-ring (bicyclic) bond motifs is 3. The summed E-state index contributed by atoms with van der Waals surface area (Å²) in [6, 6.07) is 13.7. The van der Waals surface area contributed by atoms with Gasteiger partial charge in [-0.1, -0.05) is 96.9 Å². The van der Waals surface area contributed by atoms with Gasteiger partial charge in [0.1, 0.15) is 93.3 Å². The molecule has 0 bridgehead atoms. The molecule has 0 aromatic heterocycles. The Morgan fingerprint density at radius 1 is 0.564 bits per heavy atom. The minimum absolute atomic E-state index is 0.0652. The Morgan fingerprint density at radius 2 is 0.904 bits per heavy atom. The van der Waals surface area contributed by atoms with Crippen LogP contribution in [-0.2, 0) is 90.3 Å². The zero-order valence-electron chi connectivity index (χ0n) is 52.9. The number of imide groups is 3. The SMILES string of the molecule is COC(=O)[C@@]1(OCC(O)[C@H](O)[C@H]2O[C@@](OC[C@@H](O)[C@@H](O)[C@@H]3O[C@@](OCCOCCN=[N+]=[N-])(C(=O)OC)C[C@@H]4OC(=O)N(C(C)=O)[C@@H]34)(C(=O)OC)C[C@H]3OC(=O)N(C(C)=O)[C@H]23)C[C@H]2OC(=O)N(C(C)=O)[C@@H]2[C@@H]([C@@H](O)[C@@H](O)C[Si](c2ccccc2)(c2ccccc2)C(C)(C)C)O1. The fraction of sp³-hybridized carbons (Fsp3) is 0.644. The normalized spacial score (nSPS) is 30.1. The molecule has 1 unspecified atom stereocenters. The van der Waals surface area contributed by atoms with E-state index in [2.05, 4.69) is 10.0 Å². The predicted molar refractivity (Wildman–Crippen MR) is 314 cm³/mol. The maximum absolute atomic E-state index is 14.3. The zero-order chi connectivity index (χ0) is 69.0. The van der Waals surface area contributed by atoms with Crippen molar-refractivity contribution in [2.45, 2.75) is 181 Å². The van der Waals surface area contributed by atoms with Gasteiger partial charge in [0, 0.05) is 32.2 Å². The molecule has 35 heteroatoms. The van der Waals surface area contributed by atoms with Crippen LogP contribution in [0.15, 0.2) is 65.8 Å². The van der Waals surface area contributed by atoms with Crippen LogP contribution in [-0.4, -0.2) is 277 Å². The van der Waals surface area contributed by atoms with Gasteiger partial charge in [0.2, 0.25) is 17.7 Å². The molecule has 0 saturated carbocycles. The zero-order valence-corrected chi connectivity index (χ0v) is 53.9. The lowest BCUT2D eigenvalue weighted by Crippen LogP contribution is -2.69. The number of benzene rings is 2. The molecule has 6 fully saturated rings. The Hall–Kier alpha value is -7.32. The Kier molecular flexibility index (Phi) is 22.6. The van der Waals surface area contributed by atoms with Gasteiger partial charge < -0.3 is 92.2 Å². The molecule has 6 saturated heterocycles. The van der Waals surface area contributed by atoms with Crippen LogP contribution in [0.5, 0.6) is 0 Å². The summed E-state index contributed by atoms with van der Waals surface area (Å²) >= 11 is 0. The van der Waals surface area contributed by atoms with Crippen LogP contribution in [0.4, 0.5) is 14.4 Å². The highest BCUT2D eigenvalue weighted by Crippen LogP contribution is 2.47. The number of hydrogen-bond donors (Lipinski definition) is 6. The fourth-order valence-corrected chi connectivity index (χ4v) is 19.0. The molecule has 34 nitrogen and oxygen atoms in total. The lowest BCUT2D eigenvalue weighted by atomic mass is 9.87. The summed E-state index contributed by atoms with van der Waals surface area (Å²) in [4.78, 5) is 126. The van der Waals surface area contributed by atoms with Crippen LogP contribution >= 0.6 is 0 Å². The lowest BCUT2D eigenvalue weighted by Gasteiger charge is -2.49. The summed E-state index contributed by atoms with van der Waals surface area (Å²) < 4.78 is 73.7. The summed E-state index contributed by atoms with van der Waals surface area (Å²) in [6.07, 6.45) is -30.4. The van der Waals surface area contributed by atoms with Crippen LogP contribution in [0, 0.1) is 0 Å². The summed E-state index contributed by atoms with van der Waals surface area (Å²) in [5, 5.41) is 77.9. The van der Waals surface area contributed by atoms with Crippen LogP contribution < -0.4 is 10.4 Å². The van der Waals surface area contributed by atoms with E-state index in [1.807, 2.05) is 81.4 Å². The van der Waals surface area contributed by atoms with Crippen molar-refractivity contribution in [3.8, 4) is 0 Å². The summed E-state index contributed by atoms with van der Waals surface area (Å²) in [5.74, 6) is -15.2. The lowest BCUT2D eigenvalue weighted by molar-refractivity contribution is -0.330. The number of azide groups is 1. The first-order chi connectivity index (χ1) is 44.4. The van der Waals surface area contributed by atoms with Crippen LogP contribution in [0.2, 0.25) is 11.1 Å². The van der Waals surface area contributed by atoms with E-state index in [0.29, 0.717) is 14.7 Å². The van der Waals surface area contributed by atoms with Crippen molar-refractivity contribution in [3.05, 3.63) is 71.1 Å². The van der Waals surface area contributed by atoms with Crippen molar-refractivity contribution in [2.75, 3.05) is 60.9 Å². The van der Waals surface area contributed by atoms with Crippen molar-refractivity contribution in [3.63, 3.8) is 0 Å². The standard InChI is InChI=1S/C59H78N6O28Si/c1-30(66)63-41-38(88-53(63)78)24-57(50(75)81-7,85-23-22-84-21-20-61-62-60)91-47(41)44(72)35(69)27-86-58(51(76)82-8)25-39-42(64(31(2)67)54(79)89-39)48(92-58)45(73)36(70)28-87-59(52(77)83-9)26-40-43(65(32(3)68)55(80)90-40)49(93-59)46(74)37(71)29-94(56(4,5)6,33-16-12-10-13-17-33)34-18-14-11-15-19-34/h10-19,35-49,69-74H,20-29H2,1-9H3/t35-,36?,37+,38+,39-,40-,41-,42+,43+,44-,45+,46+,47-,48+,49+,57-,58-,59-/m1/s1. The van der Waals surface area contributed by atoms with Crippen molar-refractivity contribution in [1.29, 1.82) is 0 Å². The molecule has 6 amide bonds. The molecule has 0 radical (unpaired) electrons. The van der Waals surface area contributed by atoms with Crippen LogP contribution in [0.1, 0.15) is 60.8 Å². The van der Waals surface area contributed by atoms with Crippen LogP contribution in [0.3, 0.4) is 0 Å². The molecule has 6 aliphatic heterocycles. The van der Waals surface area contributed by atoms with Crippen molar-refractivity contribution in [2.24, 2.45) is 5.11 Å². The number of ether oxygens (including phenoxy) is 13. The predicted octanol–water partition coefficient (Wildman–Crippen LogP) is -1.23. The van der Waals surface area contributed by atoms with E-state index in [0.717, 1.165) is 52.5 Å². The smallest absolute Gasteiger partial charge is 0.417 e. The number of amides is 6. The Morgan fingerprint density at radius 3 is 1.22 bits per heavy atom. The molecule has 6 heterocycles. The number of carbonyl (C=O) groups excluding carboxylic acids is 9. The molecule has 6 aliphatic rings. The van der Waals surface area contributed by atoms with Gasteiger partial charge in [0.25, 0.3) is 17.4 Å². The summed E-state index contributed by atoms with van der Waals surface area (Å²) in [7, 11) is -0.547. The van der Waals surface area contributed by atoms with Gasteiger partial charge in [-0.3, -0.25) is 14.4 Å². The molecule has 516 valence electrons. The number of carbonyl (C=O) groups is 9. The first kappa shape index (κ1) is 72.5.